The molecule has 0 atom stereocenters. The van der Waals surface area contributed by atoms with Gasteiger partial charge in [-0.1, -0.05) is 20.8 Å². The Morgan fingerprint density at radius 2 is 2.05 bits per heavy atom. The van der Waals surface area contributed by atoms with Crippen molar-refractivity contribution in [2.75, 3.05) is 13.1 Å². The second-order valence-corrected chi connectivity index (χ2v) is 6.59. The summed E-state index contributed by atoms with van der Waals surface area (Å²) in [4.78, 5) is 12.1. The van der Waals surface area contributed by atoms with Crippen LogP contribution in [0.15, 0.2) is 4.79 Å². The fraction of sp³-hybridized carbons (Fsp3) is 0.857. The summed E-state index contributed by atoms with van der Waals surface area (Å²) in [6.45, 7) is 10.0. The van der Waals surface area contributed by atoms with Crippen molar-refractivity contribution in [3.05, 3.63) is 16.3 Å². The molecule has 5 nitrogen and oxygen atoms in total. The Morgan fingerprint density at radius 3 is 2.74 bits per heavy atom. The third kappa shape index (κ3) is 3.93. The summed E-state index contributed by atoms with van der Waals surface area (Å²) in [5, 5.41) is 7.81. The van der Waals surface area contributed by atoms with E-state index in [1.165, 1.54) is 0 Å². The molecule has 1 N–H and O–H groups in total. The van der Waals surface area contributed by atoms with Crippen LogP contribution < -0.4 is 11.0 Å². The highest BCUT2D eigenvalue weighted by atomic mass is 16.2. The van der Waals surface area contributed by atoms with E-state index in [4.69, 9.17) is 0 Å². The fourth-order valence-electron chi connectivity index (χ4n) is 2.37. The van der Waals surface area contributed by atoms with Gasteiger partial charge in [-0.05, 0) is 31.2 Å². The number of hydrogen-bond donors (Lipinski definition) is 1. The minimum atomic E-state index is 0.0623. The van der Waals surface area contributed by atoms with Gasteiger partial charge in [-0.3, -0.25) is 4.57 Å². The number of rotatable bonds is 5. The third-order valence-electron chi connectivity index (χ3n) is 3.58. The van der Waals surface area contributed by atoms with Crippen molar-refractivity contribution in [3.8, 4) is 0 Å². The molecule has 0 aliphatic carbocycles. The Labute approximate surface area is 115 Å². The summed E-state index contributed by atoms with van der Waals surface area (Å²) in [6, 6.07) is 0. The quantitative estimate of drug-likeness (QED) is 0.820. The lowest BCUT2D eigenvalue weighted by atomic mass is 9.92. The highest BCUT2D eigenvalue weighted by Crippen LogP contribution is 2.16. The normalized spacial score (nSPS) is 15.5. The maximum absolute atomic E-state index is 12.1. The predicted molar refractivity (Wildman–Crippen MR) is 76.4 cm³/mol. The summed E-state index contributed by atoms with van der Waals surface area (Å²) >= 11 is 0. The molecule has 0 amide bonds. The molecular formula is C14H26N4O. The molecule has 1 aromatic rings. The minimum Gasteiger partial charge on any atom is -0.315 e. The topological polar surface area (TPSA) is 51.9 Å². The van der Waals surface area contributed by atoms with E-state index < -0.39 is 0 Å². The van der Waals surface area contributed by atoms with Crippen molar-refractivity contribution in [2.24, 2.45) is 5.41 Å². The number of fused-ring (bicyclic) bond motifs is 1. The van der Waals surface area contributed by atoms with E-state index in [1.54, 1.807) is 4.68 Å². The lowest BCUT2D eigenvalue weighted by molar-refractivity contribution is 0.364. The molecule has 0 bridgehead atoms. The molecule has 0 unspecified atom stereocenters. The zero-order valence-corrected chi connectivity index (χ0v) is 12.4. The zero-order chi connectivity index (χ0) is 13.9. The Kier molecular flexibility index (Phi) is 4.45. The lowest BCUT2D eigenvalue weighted by Gasteiger charge is -2.17. The Bertz CT molecular complexity index is 467. The SMILES string of the molecule is CC(C)(C)CCNCCn1nc2n(c1=O)CCCC2. The van der Waals surface area contributed by atoms with Crippen LogP contribution in [0, 0.1) is 5.41 Å². The molecule has 0 saturated heterocycles. The Balaban J connectivity index is 1.81. The second kappa shape index (κ2) is 5.90. The fourth-order valence-corrected chi connectivity index (χ4v) is 2.37. The van der Waals surface area contributed by atoms with E-state index in [0.717, 1.165) is 51.1 Å². The summed E-state index contributed by atoms with van der Waals surface area (Å²) in [5.41, 5.74) is 0.421. The van der Waals surface area contributed by atoms with Gasteiger partial charge in [0.1, 0.15) is 5.82 Å². The van der Waals surface area contributed by atoms with Crippen LogP contribution >= 0.6 is 0 Å². The van der Waals surface area contributed by atoms with E-state index in [0.29, 0.717) is 12.0 Å². The van der Waals surface area contributed by atoms with Crippen molar-refractivity contribution in [1.29, 1.82) is 0 Å². The van der Waals surface area contributed by atoms with E-state index in [-0.39, 0.29) is 5.69 Å². The summed E-state index contributed by atoms with van der Waals surface area (Å²) in [6.07, 6.45) is 4.34. The monoisotopic (exact) mass is 266 g/mol. The molecule has 0 aromatic carbocycles. The van der Waals surface area contributed by atoms with Crippen molar-refractivity contribution in [3.63, 3.8) is 0 Å². The third-order valence-corrected chi connectivity index (χ3v) is 3.58. The van der Waals surface area contributed by atoms with Gasteiger partial charge in [-0.15, -0.1) is 0 Å². The molecule has 1 aromatic heterocycles. The first-order valence-corrected chi connectivity index (χ1v) is 7.35. The molecule has 108 valence electrons. The summed E-state index contributed by atoms with van der Waals surface area (Å²) in [7, 11) is 0. The van der Waals surface area contributed by atoms with Gasteiger partial charge in [0.15, 0.2) is 0 Å². The maximum Gasteiger partial charge on any atom is 0.345 e. The van der Waals surface area contributed by atoms with Gasteiger partial charge in [0.05, 0.1) is 6.54 Å². The summed E-state index contributed by atoms with van der Waals surface area (Å²) < 4.78 is 3.45. The van der Waals surface area contributed by atoms with E-state index in [2.05, 4.69) is 31.2 Å². The first-order valence-electron chi connectivity index (χ1n) is 7.35. The van der Waals surface area contributed by atoms with Crippen LogP contribution in [0.2, 0.25) is 0 Å². The van der Waals surface area contributed by atoms with Gasteiger partial charge in [0.2, 0.25) is 0 Å². The van der Waals surface area contributed by atoms with Crippen molar-refractivity contribution >= 4 is 0 Å². The van der Waals surface area contributed by atoms with Crippen LogP contribution in [0.1, 0.15) is 45.9 Å². The highest BCUT2D eigenvalue weighted by Gasteiger charge is 2.16. The smallest absolute Gasteiger partial charge is 0.315 e. The molecule has 2 heterocycles. The van der Waals surface area contributed by atoms with Crippen molar-refractivity contribution in [1.82, 2.24) is 19.7 Å². The Morgan fingerprint density at radius 1 is 1.26 bits per heavy atom. The van der Waals surface area contributed by atoms with Crippen molar-refractivity contribution < 1.29 is 0 Å². The molecule has 0 fully saturated rings. The first-order chi connectivity index (χ1) is 8.97. The standard InChI is InChI=1S/C14H26N4O/c1-14(2,3)7-8-15-9-11-18-13(19)17-10-5-4-6-12(17)16-18/h15H,4-11H2,1-3H3. The van der Waals surface area contributed by atoms with Crippen LogP contribution in [0.4, 0.5) is 0 Å². The van der Waals surface area contributed by atoms with E-state index >= 15 is 0 Å². The molecule has 1 aliphatic heterocycles. The van der Waals surface area contributed by atoms with Crippen LogP contribution in [-0.4, -0.2) is 27.4 Å². The number of hydrogen-bond acceptors (Lipinski definition) is 3. The van der Waals surface area contributed by atoms with Gasteiger partial charge in [-0.25, -0.2) is 9.48 Å². The number of nitrogens with one attached hydrogen (secondary N) is 1. The highest BCUT2D eigenvalue weighted by molar-refractivity contribution is 4.91. The molecule has 19 heavy (non-hydrogen) atoms. The Hall–Kier alpha value is -1.10. The van der Waals surface area contributed by atoms with E-state index in [1.807, 2.05) is 4.57 Å². The number of aryl methyl sites for hydroxylation is 1. The van der Waals surface area contributed by atoms with E-state index in [9.17, 15) is 4.79 Å². The van der Waals surface area contributed by atoms with Gasteiger partial charge in [-0.2, -0.15) is 5.10 Å². The van der Waals surface area contributed by atoms with Crippen LogP contribution in [0.25, 0.3) is 0 Å². The number of nitrogens with zero attached hydrogens (tertiary/aromatic N) is 3. The molecule has 0 saturated carbocycles. The largest absolute Gasteiger partial charge is 0.345 e. The van der Waals surface area contributed by atoms with Crippen LogP contribution in [0.5, 0.6) is 0 Å². The number of aromatic nitrogens is 3. The second-order valence-electron chi connectivity index (χ2n) is 6.59. The van der Waals surface area contributed by atoms with Gasteiger partial charge in [0.25, 0.3) is 0 Å². The average molecular weight is 266 g/mol. The van der Waals surface area contributed by atoms with Crippen LogP contribution in [0.3, 0.4) is 0 Å². The molecule has 2 rings (SSSR count). The first kappa shape index (κ1) is 14.3. The van der Waals surface area contributed by atoms with Crippen LogP contribution in [-0.2, 0) is 19.5 Å². The zero-order valence-electron chi connectivity index (χ0n) is 12.4. The predicted octanol–water partition coefficient (Wildman–Crippen LogP) is 1.41. The van der Waals surface area contributed by atoms with Gasteiger partial charge < -0.3 is 5.32 Å². The molecule has 0 spiro atoms. The molecular weight excluding hydrogens is 240 g/mol. The average Bonchev–Trinajstić information content (AvgIpc) is 2.65. The molecule has 1 aliphatic rings. The van der Waals surface area contributed by atoms with Gasteiger partial charge >= 0.3 is 5.69 Å². The van der Waals surface area contributed by atoms with Gasteiger partial charge in [0, 0.05) is 19.5 Å². The molecule has 0 radical (unpaired) electrons. The lowest BCUT2D eigenvalue weighted by Crippen LogP contribution is -2.31. The summed E-state index contributed by atoms with van der Waals surface area (Å²) in [5.74, 6) is 0.964. The molecule has 5 heteroatoms. The maximum atomic E-state index is 12.1. The minimum absolute atomic E-state index is 0.0623. The van der Waals surface area contributed by atoms with Crippen molar-refractivity contribution in [2.45, 2.75) is 59.5 Å².